The van der Waals surface area contributed by atoms with Gasteiger partial charge in [0.25, 0.3) is 5.91 Å². The van der Waals surface area contributed by atoms with Crippen LogP contribution in [0.2, 0.25) is 0 Å². The number of rotatable bonds is 4. The van der Waals surface area contributed by atoms with Gasteiger partial charge in [0.15, 0.2) is 5.69 Å². The molecule has 1 atom stereocenters. The van der Waals surface area contributed by atoms with Crippen molar-refractivity contribution in [2.24, 2.45) is 0 Å². The second-order valence-corrected chi connectivity index (χ2v) is 5.88. The lowest BCUT2D eigenvalue weighted by molar-refractivity contribution is 0.0934. The number of nitrogens with zero attached hydrogens (tertiary/aromatic N) is 3. The second-order valence-electron chi connectivity index (χ2n) is 5.88. The van der Waals surface area contributed by atoms with Crippen molar-refractivity contribution in [1.29, 1.82) is 0 Å². The summed E-state index contributed by atoms with van der Waals surface area (Å²) in [7, 11) is 0. The van der Waals surface area contributed by atoms with Gasteiger partial charge in [0, 0.05) is 0 Å². The molecule has 0 saturated carbocycles. The normalized spacial score (nSPS) is 12.0. The molecule has 0 radical (unpaired) electrons. The fraction of sp³-hybridized carbons (Fsp3) is 0.211. The Hall–Kier alpha value is -2.95. The summed E-state index contributed by atoms with van der Waals surface area (Å²) >= 11 is 0. The molecule has 0 fully saturated rings. The van der Waals surface area contributed by atoms with E-state index in [2.05, 4.69) is 15.6 Å². The third kappa shape index (κ3) is 3.20. The molecule has 0 saturated heterocycles. The number of carbonyl (C=O) groups excluding carboxylic acids is 1. The number of benzene rings is 2. The predicted molar refractivity (Wildman–Crippen MR) is 93.2 cm³/mol. The Morgan fingerprint density at radius 3 is 2.38 bits per heavy atom. The lowest BCUT2D eigenvalue weighted by atomic mass is 10.1. The average molecular weight is 320 g/mol. The van der Waals surface area contributed by atoms with Crippen LogP contribution in [0.4, 0.5) is 0 Å². The van der Waals surface area contributed by atoms with Crippen molar-refractivity contribution in [3.8, 4) is 5.69 Å². The zero-order chi connectivity index (χ0) is 17.1. The first-order chi connectivity index (χ1) is 11.6. The Bertz CT molecular complexity index is 838. The molecule has 2 aromatic carbocycles. The van der Waals surface area contributed by atoms with Gasteiger partial charge in [-0.05, 0) is 38.5 Å². The third-order valence-corrected chi connectivity index (χ3v) is 4.04. The molecule has 3 aromatic rings. The van der Waals surface area contributed by atoms with Crippen molar-refractivity contribution >= 4 is 5.91 Å². The van der Waals surface area contributed by atoms with Crippen LogP contribution in [0.25, 0.3) is 5.69 Å². The molecule has 3 rings (SSSR count). The van der Waals surface area contributed by atoms with Crippen molar-refractivity contribution in [1.82, 2.24) is 20.3 Å². The van der Waals surface area contributed by atoms with Crippen molar-refractivity contribution < 1.29 is 4.79 Å². The number of amides is 1. The second kappa shape index (κ2) is 6.66. The number of carbonyl (C=O) groups is 1. The van der Waals surface area contributed by atoms with Crippen LogP contribution in [0.3, 0.4) is 0 Å². The van der Waals surface area contributed by atoms with Gasteiger partial charge in [-0.2, -0.15) is 0 Å². The number of nitrogens with one attached hydrogen (secondary N) is 1. The van der Waals surface area contributed by atoms with E-state index in [9.17, 15) is 4.79 Å². The van der Waals surface area contributed by atoms with E-state index >= 15 is 0 Å². The molecule has 0 bridgehead atoms. The topological polar surface area (TPSA) is 59.8 Å². The maximum Gasteiger partial charge on any atom is 0.274 e. The highest BCUT2D eigenvalue weighted by atomic mass is 16.2. The molecule has 5 heteroatoms. The summed E-state index contributed by atoms with van der Waals surface area (Å²) in [5, 5.41) is 11.1. The number of aromatic nitrogens is 3. The SMILES string of the molecule is Cc1ccc(C(C)NC(=O)c2nnn(-c3ccccc3)c2C)cc1. The fourth-order valence-electron chi connectivity index (χ4n) is 2.56. The monoisotopic (exact) mass is 320 g/mol. The van der Waals surface area contributed by atoms with Crippen LogP contribution >= 0.6 is 0 Å². The van der Waals surface area contributed by atoms with Gasteiger partial charge in [-0.15, -0.1) is 5.10 Å². The first-order valence-electron chi connectivity index (χ1n) is 7.91. The first-order valence-corrected chi connectivity index (χ1v) is 7.91. The molecule has 0 spiro atoms. The highest BCUT2D eigenvalue weighted by Gasteiger charge is 2.19. The smallest absolute Gasteiger partial charge is 0.274 e. The highest BCUT2D eigenvalue weighted by Crippen LogP contribution is 2.16. The van der Waals surface area contributed by atoms with E-state index in [0.29, 0.717) is 5.69 Å². The molecule has 24 heavy (non-hydrogen) atoms. The largest absolute Gasteiger partial charge is 0.344 e. The molecule has 0 aliphatic rings. The van der Waals surface area contributed by atoms with Crippen molar-refractivity contribution in [3.05, 3.63) is 77.1 Å². The maximum atomic E-state index is 12.5. The van der Waals surface area contributed by atoms with Gasteiger partial charge in [-0.3, -0.25) is 4.79 Å². The van der Waals surface area contributed by atoms with Gasteiger partial charge < -0.3 is 5.32 Å². The minimum atomic E-state index is -0.220. The van der Waals surface area contributed by atoms with Gasteiger partial charge in [0.05, 0.1) is 17.4 Å². The molecule has 5 nitrogen and oxygen atoms in total. The van der Waals surface area contributed by atoms with E-state index in [0.717, 1.165) is 16.9 Å². The van der Waals surface area contributed by atoms with Gasteiger partial charge in [-0.1, -0.05) is 53.2 Å². The summed E-state index contributed by atoms with van der Waals surface area (Å²) < 4.78 is 1.67. The van der Waals surface area contributed by atoms with E-state index < -0.39 is 0 Å². The van der Waals surface area contributed by atoms with E-state index in [1.807, 2.05) is 75.4 Å². The number of para-hydroxylation sites is 1. The molecule has 1 unspecified atom stereocenters. The van der Waals surface area contributed by atoms with Crippen molar-refractivity contribution in [2.45, 2.75) is 26.8 Å². The van der Waals surface area contributed by atoms with Crippen molar-refractivity contribution in [3.63, 3.8) is 0 Å². The van der Waals surface area contributed by atoms with Crippen molar-refractivity contribution in [2.75, 3.05) is 0 Å². The third-order valence-electron chi connectivity index (χ3n) is 4.04. The van der Waals surface area contributed by atoms with Gasteiger partial charge in [0.1, 0.15) is 0 Å². The lowest BCUT2D eigenvalue weighted by Gasteiger charge is -2.14. The zero-order valence-electron chi connectivity index (χ0n) is 14.0. The lowest BCUT2D eigenvalue weighted by Crippen LogP contribution is -2.27. The summed E-state index contributed by atoms with van der Waals surface area (Å²) in [5.74, 6) is -0.220. The number of hydrogen-bond donors (Lipinski definition) is 1. The predicted octanol–water partition coefficient (Wildman–Crippen LogP) is 3.38. The molecule has 1 amide bonds. The molecule has 1 N–H and O–H groups in total. The van der Waals surface area contributed by atoms with Gasteiger partial charge in [-0.25, -0.2) is 4.68 Å². The summed E-state index contributed by atoms with van der Waals surface area (Å²) in [5.41, 5.74) is 4.20. The van der Waals surface area contributed by atoms with Gasteiger partial charge >= 0.3 is 0 Å². The van der Waals surface area contributed by atoms with E-state index in [1.165, 1.54) is 5.56 Å². The summed E-state index contributed by atoms with van der Waals surface area (Å²) in [6.07, 6.45) is 0. The standard InChI is InChI=1S/C19H20N4O/c1-13-9-11-16(12-10-13)14(2)20-19(24)18-15(3)23(22-21-18)17-7-5-4-6-8-17/h4-12,14H,1-3H3,(H,20,24). The quantitative estimate of drug-likeness (QED) is 0.802. The Balaban J connectivity index is 1.78. The van der Waals surface area contributed by atoms with E-state index in [-0.39, 0.29) is 11.9 Å². The maximum absolute atomic E-state index is 12.5. The number of hydrogen-bond acceptors (Lipinski definition) is 3. The molecule has 1 heterocycles. The van der Waals surface area contributed by atoms with Crippen LogP contribution in [0.15, 0.2) is 54.6 Å². The first kappa shape index (κ1) is 15.9. The minimum Gasteiger partial charge on any atom is -0.344 e. The minimum absolute atomic E-state index is 0.0978. The zero-order valence-corrected chi connectivity index (χ0v) is 14.0. The van der Waals surface area contributed by atoms with Crippen LogP contribution < -0.4 is 5.32 Å². The summed E-state index contributed by atoms with van der Waals surface area (Å²) in [4.78, 5) is 12.5. The Kier molecular flexibility index (Phi) is 4.42. The Labute approximate surface area is 141 Å². The Morgan fingerprint density at radius 2 is 1.71 bits per heavy atom. The van der Waals surface area contributed by atoms with Crippen LogP contribution in [0, 0.1) is 13.8 Å². The van der Waals surface area contributed by atoms with Crippen LogP contribution in [-0.2, 0) is 0 Å². The van der Waals surface area contributed by atoms with Crippen LogP contribution in [0.5, 0.6) is 0 Å². The molecule has 0 aliphatic heterocycles. The fourth-order valence-corrected chi connectivity index (χ4v) is 2.56. The molecular formula is C19H20N4O. The highest BCUT2D eigenvalue weighted by molar-refractivity contribution is 5.93. The van der Waals surface area contributed by atoms with E-state index in [4.69, 9.17) is 0 Å². The Morgan fingerprint density at radius 1 is 1.04 bits per heavy atom. The molecular weight excluding hydrogens is 300 g/mol. The molecule has 122 valence electrons. The van der Waals surface area contributed by atoms with E-state index in [1.54, 1.807) is 4.68 Å². The summed E-state index contributed by atoms with van der Waals surface area (Å²) in [6, 6.07) is 17.7. The number of aryl methyl sites for hydroxylation is 1. The summed E-state index contributed by atoms with van der Waals surface area (Å²) in [6.45, 7) is 5.84. The van der Waals surface area contributed by atoms with Crippen LogP contribution in [-0.4, -0.2) is 20.9 Å². The molecule has 1 aromatic heterocycles. The van der Waals surface area contributed by atoms with Crippen LogP contribution in [0.1, 0.15) is 40.3 Å². The average Bonchev–Trinajstić information content (AvgIpc) is 2.98. The molecule has 0 aliphatic carbocycles. The van der Waals surface area contributed by atoms with Gasteiger partial charge in [0.2, 0.25) is 0 Å².